The summed E-state index contributed by atoms with van der Waals surface area (Å²) >= 11 is 0. The number of fused-ring (bicyclic) bond motifs is 1. The molecule has 0 amide bonds. The first-order valence-electron chi connectivity index (χ1n) is 8.93. The normalized spacial score (nSPS) is 12.9. The molecule has 0 radical (unpaired) electrons. The monoisotopic (exact) mass is 363 g/mol. The van der Waals surface area contributed by atoms with Gasteiger partial charge in [0, 0.05) is 18.3 Å². The second-order valence-corrected chi connectivity index (χ2v) is 6.67. The van der Waals surface area contributed by atoms with E-state index in [0.717, 1.165) is 41.3 Å². The number of nitrogens with one attached hydrogen (secondary N) is 1. The molecule has 2 aromatic heterocycles. The minimum atomic E-state index is -0.217. The van der Waals surface area contributed by atoms with Gasteiger partial charge in [0.05, 0.1) is 29.3 Å². The van der Waals surface area contributed by atoms with Crippen LogP contribution in [-0.2, 0) is 24.3 Å². The molecule has 4 rings (SSSR count). The molecule has 138 valence electrons. The number of benzene rings is 1. The highest BCUT2D eigenvalue weighted by atomic mass is 16.5. The first-order chi connectivity index (χ1) is 13.1. The van der Waals surface area contributed by atoms with Gasteiger partial charge in [-0.1, -0.05) is 6.07 Å². The number of nitrogens with zero attached hydrogens (tertiary/aromatic N) is 4. The van der Waals surface area contributed by atoms with Crippen LogP contribution in [0.3, 0.4) is 0 Å². The molecule has 0 spiro atoms. The lowest BCUT2D eigenvalue weighted by atomic mass is 9.97. The highest BCUT2D eigenvalue weighted by molar-refractivity contribution is 5.93. The summed E-state index contributed by atoms with van der Waals surface area (Å²) in [7, 11) is 0. The summed E-state index contributed by atoms with van der Waals surface area (Å²) in [6.45, 7) is 5.86. The van der Waals surface area contributed by atoms with E-state index in [4.69, 9.17) is 4.74 Å². The van der Waals surface area contributed by atoms with Crippen molar-refractivity contribution in [3.8, 4) is 5.82 Å². The standard InChI is InChI=1S/C20H21N5O2/c1-13-10-25(12-24-13)19-9-22-16(8-23-19)7-21-6-5-15-3-4-17-18(14(15)2)11-27-20(17)26/h3-4,8-10,12,21H,5-7,11H2,1-2H3. The van der Waals surface area contributed by atoms with Crippen LogP contribution in [0.1, 0.15) is 38.4 Å². The molecule has 0 unspecified atom stereocenters. The molecule has 0 atom stereocenters. The van der Waals surface area contributed by atoms with E-state index in [1.165, 1.54) is 5.56 Å². The minimum Gasteiger partial charge on any atom is -0.457 e. The Balaban J connectivity index is 1.31. The third kappa shape index (κ3) is 3.59. The fraction of sp³-hybridized carbons (Fsp3) is 0.300. The number of aromatic nitrogens is 4. The van der Waals surface area contributed by atoms with E-state index in [-0.39, 0.29) is 5.97 Å². The average Bonchev–Trinajstić information content (AvgIpc) is 3.27. The van der Waals surface area contributed by atoms with Crippen LogP contribution in [0.4, 0.5) is 0 Å². The topological polar surface area (TPSA) is 81.9 Å². The van der Waals surface area contributed by atoms with Crippen LogP contribution in [-0.4, -0.2) is 32.0 Å². The molecule has 1 N–H and O–H groups in total. The first-order valence-corrected chi connectivity index (χ1v) is 8.93. The number of hydrogen-bond donors (Lipinski definition) is 1. The first kappa shape index (κ1) is 17.4. The molecular formula is C20H21N5O2. The van der Waals surface area contributed by atoms with Crippen molar-refractivity contribution in [2.24, 2.45) is 0 Å². The Morgan fingerprint density at radius 1 is 1.19 bits per heavy atom. The van der Waals surface area contributed by atoms with Gasteiger partial charge < -0.3 is 10.1 Å². The van der Waals surface area contributed by atoms with Crippen molar-refractivity contribution >= 4 is 5.97 Å². The van der Waals surface area contributed by atoms with Gasteiger partial charge in [-0.2, -0.15) is 0 Å². The van der Waals surface area contributed by atoms with E-state index >= 15 is 0 Å². The third-order valence-corrected chi connectivity index (χ3v) is 4.82. The fourth-order valence-corrected chi connectivity index (χ4v) is 3.23. The number of carbonyl (C=O) groups excluding carboxylic acids is 1. The van der Waals surface area contributed by atoms with E-state index < -0.39 is 0 Å². The van der Waals surface area contributed by atoms with E-state index in [9.17, 15) is 4.79 Å². The Bertz CT molecular complexity index is 979. The van der Waals surface area contributed by atoms with Gasteiger partial charge in [-0.3, -0.25) is 9.55 Å². The molecule has 0 fully saturated rings. The Kier molecular flexibility index (Phi) is 4.68. The van der Waals surface area contributed by atoms with Crippen molar-refractivity contribution in [2.45, 2.75) is 33.4 Å². The van der Waals surface area contributed by atoms with Crippen molar-refractivity contribution in [3.05, 3.63) is 70.7 Å². The predicted octanol–water partition coefficient (Wildman–Crippen LogP) is 2.28. The van der Waals surface area contributed by atoms with Crippen molar-refractivity contribution in [1.29, 1.82) is 0 Å². The summed E-state index contributed by atoms with van der Waals surface area (Å²) in [6.07, 6.45) is 8.06. The van der Waals surface area contributed by atoms with E-state index in [0.29, 0.717) is 18.7 Å². The van der Waals surface area contributed by atoms with Crippen LogP contribution in [0, 0.1) is 13.8 Å². The van der Waals surface area contributed by atoms with Crippen LogP contribution in [0.5, 0.6) is 0 Å². The molecule has 1 aromatic carbocycles. The SMILES string of the molecule is Cc1cn(-c2cnc(CNCCc3ccc4c(c3C)COC4=O)cn2)cn1. The number of ether oxygens (including phenoxy) is 1. The van der Waals surface area contributed by atoms with E-state index in [1.54, 1.807) is 18.7 Å². The van der Waals surface area contributed by atoms with Gasteiger partial charge >= 0.3 is 5.97 Å². The summed E-state index contributed by atoms with van der Waals surface area (Å²) in [5.74, 6) is 0.538. The molecule has 0 saturated carbocycles. The van der Waals surface area contributed by atoms with Crippen molar-refractivity contribution in [3.63, 3.8) is 0 Å². The van der Waals surface area contributed by atoms with Crippen LogP contribution >= 0.6 is 0 Å². The fourth-order valence-electron chi connectivity index (χ4n) is 3.23. The van der Waals surface area contributed by atoms with Gasteiger partial charge in [0.25, 0.3) is 0 Å². The zero-order valence-electron chi connectivity index (χ0n) is 15.4. The van der Waals surface area contributed by atoms with Gasteiger partial charge in [0.2, 0.25) is 0 Å². The molecule has 7 heteroatoms. The maximum atomic E-state index is 11.6. The largest absolute Gasteiger partial charge is 0.457 e. The highest BCUT2D eigenvalue weighted by Crippen LogP contribution is 2.25. The van der Waals surface area contributed by atoms with Gasteiger partial charge in [-0.15, -0.1) is 0 Å². The van der Waals surface area contributed by atoms with Crippen LogP contribution in [0.25, 0.3) is 5.82 Å². The summed E-state index contributed by atoms with van der Waals surface area (Å²) in [6, 6.07) is 3.89. The van der Waals surface area contributed by atoms with Gasteiger partial charge in [-0.25, -0.2) is 14.8 Å². The Morgan fingerprint density at radius 2 is 2.07 bits per heavy atom. The molecule has 0 saturated heterocycles. The van der Waals surface area contributed by atoms with Gasteiger partial charge in [0.1, 0.15) is 12.9 Å². The number of carbonyl (C=O) groups is 1. The summed E-state index contributed by atoms with van der Waals surface area (Å²) in [4.78, 5) is 24.7. The van der Waals surface area contributed by atoms with Gasteiger partial charge in [0.15, 0.2) is 5.82 Å². The average molecular weight is 363 g/mol. The Labute approximate surface area is 157 Å². The van der Waals surface area contributed by atoms with Crippen LogP contribution in [0.2, 0.25) is 0 Å². The Hall–Kier alpha value is -3.06. The summed E-state index contributed by atoms with van der Waals surface area (Å²) < 4.78 is 6.96. The molecule has 0 bridgehead atoms. The smallest absolute Gasteiger partial charge is 0.338 e. The zero-order valence-corrected chi connectivity index (χ0v) is 15.4. The number of imidazole rings is 1. The zero-order chi connectivity index (χ0) is 18.8. The molecule has 1 aliphatic heterocycles. The molecule has 1 aliphatic rings. The van der Waals surface area contributed by atoms with Crippen molar-refractivity contribution in [1.82, 2.24) is 24.8 Å². The van der Waals surface area contributed by atoms with Gasteiger partial charge in [-0.05, 0) is 44.0 Å². The van der Waals surface area contributed by atoms with Crippen LogP contribution < -0.4 is 5.32 Å². The number of hydrogen-bond acceptors (Lipinski definition) is 6. The lowest BCUT2D eigenvalue weighted by Crippen LogP contribution is -2.18. The van der Waals surface area contributed by atoms with Crippen molar-refractivity contribution < 1.29 is 9.53 Å². The number of rotatable bonds is 6. The predicted molar refractivity (Wildman–Crippen MR) is 99.6 cm³/mol. The molecule has 7 nitrogen and oxygen atoms in total. The minimum absolute atomic E-state index is 0.217. The number of aryl methyl sites for hydroxylation is 1. The highest BCUT2D eigenvalue weighted by Gasteiger charge is 2.23. The van der Waals surface area contributed by atoms with Crippen LogP contribution in [0.15, 0.2) is 37.1 Å². The quantitative estimate of drug-likeness (QED) is 0.534. The van der Waals surface area contributed by atoms with E-state index in [2.05, 4.69) is 27.2 Å². The Morgan fingerprint density at radius 3 is 2.81 bits per heavy atom. The second kappa shape index (κ2) is 7.28. The number of esters is 1. The van der Waals surface area contributed by atoms with Crippen molar-refractivity contribution in [2.75, 3.05) is 6.54 Å². The maximum Gasteiger partial charge on any atom is 0.338 e. The lowest BCUT2D eigenvalue weighted by molar-refractivity contribution is 0.0535. The number of cyclic esters (lactones) is 1. The lowest BCUT2D eigenvalue weighted by Gasteiger charge is -2.10. The van der Waals surface area contributed by atoms with E-state index in [1.807, 2.05) is 29.8 Å². The maximum absolute atomic E-state index is 11.6. The molecular weight excluding hydrogens is 342 g/mol. The molecule has 0 aliphatic carbocycles. The molecule has 27 heavy (non-hydrogen) atoms. The molecule has 3 aromatic rings. The molecule has 3 heterocycles. The second-order valence-electron chi connectivity index (χ2n) is 6.67. The summed E-state index contributed by atoms with van der Waals surface area (Å²) in [5, 5.41) is 3.40. The third-order valence-electron chi connectivity index (χ3n) is 4.82. The summed E-state index contributed by atoms with van der Waals surface area (Å²) in [5.41, 5.74) is 5.94.